The van der Waals surface area contributed by atoms with E-state index in [1.54, 1.807) is 6.07 Å². The van der Waals surface area contributed by atoms with E-state index in [1.807, 2.05) is 0 Å². The molecule has 0 N–H and O–H groups in total. The zero-order chi connectivity index (χ0) is 18.2. The summed E-state index contributed by atoms with van der Waals surface area (Å²) in [5.74, 6) is -2.23. The summed E-state index contributed by atoms with van der Waals surface area (Å²) in [4.78, 5) is 0.0298. The van der Waals surface area contributed by atoms with Crippen LogP contribution in [0, 0.1) is 0 Å². The van der Waals surface area contributed by atoms with Crippen LogP contribution in [-0.4, -0.2) is 36.0 Å². The van der Waals surface area contributed by atoms with Crippen molar-refractivity contribution in [2.24, 2.45) is 0 Å². The van der Waals surface area contributed by atoms with Crippen LogP contribution < -0.4 is 0 Å². The molecule has 1 atom stereocenters. The van der Waals surface area contributed by atoms with Crippen molar-refractivity contribution in [1.82, 2.24) is 14.5 Å². The first kappa shape index (κ1) is 18.2. The number of piperidine rings is 1. The van der Waals surface area contributed by atoms with Crippen molar-refractivity contribution in [1.29, 1.82) is 0 Å². The Kier molecular flexibility index (Phi) is 4.78. The molecule has 136 valence electrons. The van der Waals surface area contributed by atoms with Gasteiger partial charge in [-0.3, -0.25) is 0 Å². The highest BCUT2D eigenvalue weighted by atomic mass is 35.5. The average molecular weight is 396 g/mol. The molecule has 6 nitrogen and oxygen atoms in total. The summed E-state index contributed by atoms with van der Waals surface area (Å²) in [6.45, 7) is 0.222. The third-order valence-electron chi connectivity index (χ3n) is 3.85. The molecule has 1 fully saturated rings. The SMILES string of the molecule is O=S(=O)(c1cccc(Cl)c1)N1CCCC(c2nnc(C(F)(F)F)o2)C1. The first-order chi connectivity index (χ1) is 11.7. The van der Waals surface area contributed by atoms with E-state index in [1.165, 1.54) is 22.5 Å². The number of sulfonamides is 1. The number of alkyl halides is 3. The lowest BCUT2D eigenvalue weighted by Crippen LogP contribution is -2.39. The average Bonchev–Trinajstić information content (AvgIpc) is 3.05. The lowest BCUT2D eigenvalue weighted by Gasteiger charge is -2.30. The normalized spacial score (nSPS) is 19.9. The quantitative estimate of drug-likeness (QED) is 0.796. The fourth-order valence-corrected chi connectivity index (χ4v) is 4.48. The van der Waals surface area contributed by atoms with E-state index in [2.05, 4.69) is 14.6 Å². The number of benzene rings is 1. The highest BCUT2D eigenvalue weighted by molar-refractivity contribution is 7.89. The molecule has 0 radical (unpaired) electrons. The summed E-state index contributed by atoms with van der Waals surface area (Å²) in [5, 5.41) is 6.70. The Hall–Kier alpha value is -1.65. The van der Waals surface area contributed by atoms with Gasteiger partial charge in [0.25, 0.3) is 0 Å². The number of rotatable bonds is 3. The number of nitrogens with zero attached hydrogens (tertiary/aromatic N) is 3. The molecule has 3 rings (SSSR count). The van der Waals surface area contributed by atoms with Gasteiger partial charge in [0.05, 0.1) is 10.8 Å². The molecule has 1 aliphatic heterocycles. The van der Waals surface area contributed by atoms with Crippen LogP contribution in [0.5, 0.6) is 0 Å². The van der Waals surface area contributed by atoms with Crippen molar-refractivity contribution in [3.05, 3.63) is 41.1 Å². The summed E-state index contributed by atoms with van der Waals surface area (Å²) in [5.41, 5.74) is 0. The van der Waals surface area contributed by atoms with E-state index >= 15 is 0 Å². The molecule has 0 spiro atoms. The van der Waals surface area contributed by atoms with Gasteiger partial charge in [-0.2, -0.15) is 17.5 Å². The molecule has 0 saturated carbocycles. The molecule has 1 aromatic heterocycles. The minimum Gasteiger partial charge on any atom is -0.417 e. The van der Waals surface area contributed by atoms with Gasteiger partial charge in [0, 0.05) is 18.1 Å². The van der Waals surface area contributed by atoms with E-state index in [4.69, 9.17) is 11.6 Å². The zero-order valence-electron chi connectivity index (χ0n) is 12.7. The van der Waals surface area contributed by atoms with E-state index in [-0.39, 0.29) is 28.9 Å². The molecule has 1 aliphatic rings. The first-order valence-electron chi connectivity index (χ1n) is 7.34. The minimum atomic E-state index is -4.73. The molecular formula is C14H13ClF3N3O3S. The standard InChI is InChI=1S/C14H13ClF3N3O3S/c15-10-4-1-5-11(7-10)25(22,23)21-6-2-3-9(8-21)12-19-20-13(24-12)14(16,17)18/h1,4-5,7,9H,2-3,6,8H2. The molecule has 1 aromatic carbocycles. The van der Waals surface area contributed by atoms with Crippen molar-refractivity contribution in [3.8, 4) is 0 Å². The number of halogens is 4. The van der Waals surface area contributed by atoms with Crippen molar-refractivity contribution < 1.29 is 26.0 Å². The summed E-state index contributed by atoms with van der Waals surface area (Å²) < 4.78 is 69.0. The molecule has 1 saturated heterocycles. The molecule has 2 heterocycles. The molecule has 0 amide bonds. The van der Waals surface area contributed by atoms with Gasteiger partial charge in [-0.05, 0) is 31.0 Å². The van der Waals surface area contributed by atoms with Crippen molar-refractivity contribution in [3.63, 3.8) is 0 Å². The van der Waals surface area contributed by atoms with Crippen molar-refractivity contribution in [2.45, 2.75) is 29.8 Å². The molecule has 1 unspecified atom stereocenters. The highest BCUT2D eigenvalue weighted by Gasteiger charge is 2.40. The third kappa shape index (κ3) is 3.80. The van der Waals surface area contributed by atoms with Crippen LogP contribution in [0.4, 0.5) is 13.2 Å². The maximum Gasteiger partial charge on any atom is 0.470 e. The highest BCUT2D eigenvalue weighted by Crippen LogP contribution is 2.33. The monoisotopic (exact) mass is 395 g/mol. The van der Waals surface area contributed by atoms with Crippen LogP contribution in [0.2, 0.25) is 5.02 Å². The molecule has 25 heavy (non-hydrogen) atoms. The Bertz CT molecular complexity index is 869. The van der Waals surface area contributed by atoms with Gasteiger partial charge >= 0.3 is 12.1 Å². The number of aromatic nitrogens is 2. The molecule has 0 aliphatic carbocycles. The summed E-state index contributed by atoms with van der Waals surface area (Å²) in [7, 11) is -3.81. The van der Waals surface area contributed by atoms with E-state index in [9.17, 15) is 21.6 Å². The molecular weight excluding hydrogens is 383 g/mol. The van der Waals surface area contributed by atoms with Gasteiger partial charge in [-0.25, -0.2) is 8.42 Å². The van der Waals surface area contributed by atoms with Gasteiger partial charge in [-0.1, -0.05) is 17.7 Å². The lowest BCUT2D eigenvalue weighted by molar-refractivity contribution is -0.157. The van der Waals surface area contributed by atoms with Gasteiger partial charge in [0.15, 0.2) is 0 Å². The lowest BCUT2D eigenvalue weighted by atomic mass is 10.00. The Labute approximate surface area is 146 Å². The Morgan fingerprint density at radius 3 is 2.68 bits per heavy atom. The van der Waals surface area contributed by atoms with Crippen LogP contribution in [-0.2, 0) is 16.2 Å². The number of hydrogen-bond donors (Lipinski definition) is 0. The van der Waals surface area contributed by atoms with Gasteiger partial charge in [-0.15, -0.1) is 10.2 Å². The van der Waals surface area contributed by atoms with Crippen molar-refractivity contribution in [2.75, 3.05) is 13.1 Å². The summed E-state index contributed by atoms with van der Waals surface area (Å²) >= 11 is 5.84. The Balaban J connectivity index is 1.82. The molecule has 0 bridgehead atoms. The fourth-order valence-electron chi connectivity index (χ4n) is 2.65. The maximum atomic E-state index is 12.7. The van der Waals surface area contributed by atoms with Crippen LogP contribution >= 0.6 is 11.6 Å². The maximum absolute atomic E-state index is 12.7. The van der Waals surface area contributed by atoms with Crippen LogP contribution in [0.25, 0.3) is 0 Å². The van der Waals surface area contributed by atoms with Crippen LogP contribution in [0.15, 0.2) is 33.6 Å². The first-order valence-corrected chi connectivity index (χ1v) is 9.16. The second-order valence-electron chi connectivity index (χ2n) is 5.60. The second kappa shape index (κ2) is 6.58. The molecule has 2 aromatic rings. The van der Waals surface area contributed by atoms with Gasteiger partial charge < -0.3 is 4.42 Å². The van der Waals surface area contributed by atoms with E-state index < -0.39 is 28.0 Å². The Morgan fingerprint density at radius 2 is 2.04 bits per heavy atom. The largest absolute Gasteiger partial charge is 0.470 e. The van der Waals surface area contributed by atoms with E-state index in [0.29, 0.717) is 12.8 Å². The van der Waals surface area contributed by atoms with E-state index in [0.717, 1.165) is 0 Å². The molecule has 11 heteroatoms. The predicted octanol–water partition coefficient (Wildman–Crippen LogP) is 3.31. The second-order valence-corrected chi connectivity index (χ2v) is 7.98. The number of hydrogen-bond acceptors (Lipinski definition) is 5. The minimum absolute atomic E-state index is 0.0298. The third-order valence-corrected chi connectivity index (χ3v) is 5.95. The zero-order valence-corrected chi connectivity index (χ0v) is 14.3. The summed E-state index contributed by atoms with van der Waals surface area (Å²) in [6, 6.07) is 5.81. The fraction of sp³-hybridized carbons (Fsp3) is 0.429. The van der Waals surface area contributed by atoms with Crippen LogP contribution in [0.3, 0.4) is 0 Å². The smallest absolute Gasteiger partial charge is 0.417 e. The Morgan fingerprint density at radius 1 is 1.28 bits per heavy atom. The topological polar surface area (TPSA) is 76.3 Å². The van der Waals surface area contributed by atoms with Crippen LogP contribution in [0.1, 0.15) is 30.5 Å². The predicted molar refractivity (Wildman–Crippen MR) is 81.5 cm³/mol. The summed E-state index contributed by atoms with van der Waals surface area (Å²) in [6.07, 6.45) is -3.80. The van der Waals surface area contributed by atoms with Gasteiger partial charge in [0.1, 0.15) is 0 Å². The van der Waals surface area contributed by atoms with Crippen molar-refractivity contribution >= 4 is 21.6 Å². The van der Waals surface area contributed by atoms with Gasteiger partial charge in [0.2, 0.25) is 15.9 Å².